The Morgan fingerprint density at radius 1 is 1.26 bits per heavy atom. The van der Waals surface area contributed by atoms with Crippen LogP contribution < -0.4 is 0 Å². The zero-order chi connectivity index (χ0) is 16.5. The van der Waals surface area contributed by atoms with Crippen LogP contribution in [0.25, 0.3) is 0 Å². The molecule has 1 N–H and O–H groups in total. The van der Waals surface area contributed by atoms with Gasteiger partial charge in [0.2, 0.25) is 0 Å². The number of terminal acetylenes is 1. The van der Waals surface area contributed by atoms with Gasteiger partial charge < -0.3 is 5.11 Å². The van der Waals surface area contributed by atoms with Gasteiger partial charge in [-0.15, -0.1) is 6.42 Å². The maximum absolute atomic E-state index is 14.7. The van der Waals surface area contributed by atoms with Crippen LogP contribution in [0.5, 0.6) is 0 Å². The summed E-state index contributed by atoms with van der Waals surface area (Å²) in [6.45, 7) is 4.50. The summed E-state index contributed by atoms with van der Waals surface area (Å²) in [7, 11) is 0. The molecule has 0 radical (unpaired) electrons. The molecule has 0 saturated heterocycles. The molecule has 0 heterocycles. The van der Waals surface area contributed by atoms with Crippen LogP contribution in [0.3, 0.4) is 0 Å². The Morgan fingerprint density at radius 3 is 2.78 bits per heavy atom. The van der Waals surface area contributed by atoms with E-state index in [0.717, 1.165) is 19.3 Å². The Labute approximate surface area is 139 Å². The largest absolute Gasteiger partial charge is 0.374 e. The van der Waals surface area contributed by atoms with E-state index >= 15 is 0 Å². The summed E-state index contributed by atoms with van der Waals surface area (Å²) in [5.41, 5.74) is -0.0557. The van der Waals surface area contributed by atoms with E-state index in [1.807, 2.05) is 0 Å². The van der Waals surface area contributed by atoms with Gasteiger partial charge >= 0.3 is 0 Å². The number of halogens is 1. The highest BCUT2D eigenvalue weighted by atomic mass is 19.1. The summed E-state index contributed by atoms with van der Waals surface area (Å²) in [5.74, 6) is 3.81. The molecule has 4 aliphatic carbocycles. The third-order valence-corrected chi connectivity index (χ3v) is 8.41. The van der Waals surface area contributed by atoms with Gasteiger partial charge in [-0.05, 0) is 68.1 Å². The normalized spacial score (nSPS) is 55.2. The molecular formula is C21H29FO. The highest BCUT2D eigenvalue weighted by Crippen LogP contribution is 2.67. The molecule has 3 fully saturated rings. The summed E-state index contributed by atoms with van der Waals surface area (Å²) in [6.07, 6.45) is 15.4. The molecule has 4 aliphatic rings. The molecule has 0 bridgehead atoms. The van der Waals surface area contributed by atoms with E-state index in [9.17, 15) is 9.50 Å². The summed E-state index contributed by atoms with van der Waals surface area (Å²) in [6, 6.07) is 0. The summed E-state index contributed by atoms with van der Waals surface area (Å²) < 4.78 is 14.7. The quantitative estimate of drug-likeness (QED) is 0.509. The van der Waals surface area contributed by atoms with Gasteiger partial charge in [-0.1, -0.05) is 37.8 Å². The molecule has 7 atom stereocenters. The Morgan fingerprint density at radius 2 is 2.04 bits per heavy atom. The molecule has 23 heavy (non-hydrogen) atoms. The Bertz CT molecular complexity index is 589. The summed E-state index contributed by atoms with van der Waals surface area (Å²) >= 11 is 0. The van der Waals surface area contributed by atoms with Crippen molar-refractivity contribution in [1.82, 2.24) is 0 Å². The second kappa shape index (κ2) is 4.85. The molecule has 3 saturated carbocycles. The van der Waals surface area contributed by atoms with Crippen molar-refractivity contribution < 1.29 is 9.50 Å². The van der Waals surface area contributed by atoms with Crippen LogP contribution in [-0.2, 0) is 0 Å². The van der Waals surface area contributed by atoms with Crippen LogP contribution >= 0.6 is 0 Å². The zero-order valence-corrected chi connectivity index (χ0v) is 14.4. The fourth-order valence-electron chi connectivity index (χ4n) is 6.93. The molecule has 0 aromatic carbocycles. The molecule has 0 aromatic rings. The second-order valence-electron chi connectivity index (χ2n) is 9.04. The Hall–Kier alpha value is -0.810. The van der Waals surface area contributed by atoms with Crippen molar-refractivity contribution >= 4 is 0 Å². The number of rotatable bonds is 0. The lowest BCUT2D eigenvalue weighted by atomic mass is 9.47. The molecule has 126 valence electrons. The van der Waals surface area contributed by atoms with Crippen molar-refractivity contribution in [2.45, 2.75) is 77.0 Å². The standard InChI is InChI=1S/C21H29FO/c1-4-21(23)18(22)13-17-15-9-8-14-7-5-6-11-19(14,2)16(15)10-12-20(17,21)3/h1,8,15-18,23H,5-7,9-13H2,2-3H3/t15-,16-,17+,18?,19+,20+,21?/m1/s1. The lowest BCUT2D eigenvalue weighted by molar-refractivity contribution is -0.106. The minimum Gasteiger partial charge on any atom is -0.374 e. The van der Waals surface area contributed by atoms with Crippen LogP contribution in [0.15, 0.2) is 11.6 Å². The molecule has 0 aromatic heterocycles. The van der Waals surface area contributed by atoms with Gasteiger partial charge in [0.05, 0.1) is 0 Å². The van der Waals surface area contributed by atoms with Crippen molar-refractivity contribution in [2.75, 3.05) is 0 Å². The third kappa shape index (κ3) is 1.78. The lowest BCUT2D eigenvalue weighted by Crippen LogP contribution is -2.55. The molecule has 0 aliphatic heterocycles. The van der Waals surface area contributed by atoms with Crippen LogP contribution in [0, 0.1) is 40.9 Å². The minimum absolute atomic E-state index is 0.217. The predicted molar refractivity (Wildman–Crippen MR) is 90.4 cm³/mol. The molecule has 1 nitrogen and oxygen atoms in total. The fraction of sp³-hybridized carbons (Fsp3) is 0.810. The van der Waals surface area contributed by atoms with Crippen LogP contribution in [-0.4, -0.2) is 16.9 Å². The van der Waals surface area contributed by atoms with E-state index in [4.69, 9.17) is 6.42 Å². The van der Waals surface area contributed by atoms with Crippen LogP contribution in [0.4, 0.5) is 4.39 Å². The molecule has 4 rings (SSSR count). The van der Waals surface area contributed by atoms with Crippen molar-refractivity contribution in [3.8, 4) is 12.3 Å². The van der Waals surface area contributed by atoms with Crippen molar-refractivity contribution in [3.63, 3.8) is 0 Å². The maximum atomic E-state index is 14.7. The van der Waals surface area contributed by atoms with E-state index < -0.39 is 17.2 Å². The first-order chi connectivity index (χ1) is 10.9. The van der Waals surface area contributed by atoms with Crippen LogP contribution in [0.2, 0.25) is 0 Å². The number of allylic oxidation sites excluding steroid dienone is 2. The van der Waals surface area contributed by atoms with Gasteiger partial charge in [0, 0.05) is 5.41 Å². The van der Waals surface area contributed by atoms with Crippen molar-refractivity contribution in [2.24, 2.45) is 28.6 Å². The van der Waals surface area contributed by atoms with E-state index in [1.165, 1.54) is 25.7 Å². The number of alkyl halides is 1. The number of hydrogen-bond donors (Lipinski definition) is 1. The molecule has 0 spiro atoms. The second-order valence-corrected chi connectivity index (χ2v) is 9.04. The minimum atomic E-state index is -1.57. The van der Waals surface area contributed by atoms with E-state index in [-0.39, 0.29) is 5.92 Å². The average Bonchev–Trinajstić information content (AvgIpc) is 2.75. The zero-order valence-electron chi connectivity index (χ0n) is 14.4. The lowest BCUT2D eigenvalue weighted by Gasteiger charge is -2.58. The van der Waals surface area contributed by atoms with Gasteiger partial charge in [-0.2, -0.15) is 0 Å². The highest BCUT2D eigenvalue weighted by Gasteiger charge is 2.67. The summed E-state index contributed by atoms with van der Waals surface area (Å²) in [4.78, 5) is 0. The monoisotopic (exact) mass is 316 g/mol. The smallest absolute Gasteiger partial charge is 0.161 e. The van der Waals surface area contributed by atoms with Gasteiger partial charge in [-0.3, -0.25) is 0 Å². The van der Waals surface area contributed by atoms with E-state index in [0.29, 0.717) is 23.7 Å². The van der Waals surface area contributed by atoms with Gasteiger partial charge in [0.25, 0.3) is 0 Å². The number of hydrogen-bond acceptors (Lipinski definition) is 1. The first-order valence-corrected chi connectivity index (χ1v) is 9.40. The Balaban J connectivity index is 1.73. The molecule has 0 amide bonds. The molecule has 2 heteroatoms. The van der Waals surface area contributed by atoms with Gasteiger partial charge in [0.1, 0.15) is 6.17 Å². The van der Waals surface area contributed by atoms with E-state index in [2.05, 4.69) is 25.8 Å². The summed E-state index contributed by atoms with van der Waals surface area (Å²) in [5, 5.41) is 10.9. The maximum Gasteiger partial charge on any atom is 0.161 e. The third-order valence-electron chi connectivity index (χ3n) is 8.41. The topological polar surface area (TPSA) is 20.2 Å². The van der Waals surface area contributed by atoms with Gasteiger partial charge in [-0.25, -0.2) is 4.39 Å². The SMILES string of the molecule is C#CC1(O)C(F)C[C@H]2[C@@H]3CC=C4CCCC[C@]4(C)[C@@H]3CC[C@@]21C. The van der Waals surface area contributed by atoms with E-state index in [1.54, 1.807) is 5.57 Å². The fourth-order valence-corrected chi connectivity index (χ4v) is 6.93. The average molecular weight is 316 g/mol. The molecular weight excluding hydrogens is 287 g/mol. The van der Waals surface area contributed by atoms with Crippen molar-refractivity contribution in [3.05, 3.63) is 11.6 Å². The molecule has 2 unspecified atom stereocenters. The Kier molecular flexibility index (Phi) is 3.31. The first kappa shape index (κ1) is 15.7. The van der Waals surface area contributed by atoms with Crippen LogP contribution in [0.1, 0.15) is 65.2 Å². The van der Waals surface area contributed by atoms with Crippen molar-refractivity contribution in [1.29, 1.82) is 0 Å². The highest BCUT2D eigenvalue weighted by molar-refractivity contribution is 5.30. The van der Waals surface area contributed by atoms with Gasteiger partial charge in [0.15, 0.2) is 5.60 Å². The number of aliphatic hydroxyl groups is 1. The number of fused-ring (bicyclic) bond motifs is 5. The predicted octanol–water partition coefficient (Wildman–Crippen LogP) is 4.65. The first-order valence-electron chi connectivity index (χ1n) is 9.40.